The predicted octanol–water partition coefficient (Wildman–Crippen LogP) is 1.79. The number of hydrogen-bond donors (Lipinski definition) is 1. The number of nitrogens with one attached hydrogen (secondary N) is 1. The summed E-state index contributed by atoms with van der Waals surface area (Å²) in [6.45, 7) is 1.13. The number of aromatic nitrogens is 3. The summed E-state index contributed by atoms with van der Waals surface area (Å²) in [6.07, 6.45) is 5.49. The molecule has 2 aromatic rings. The third-order valence-electron chi connectivity index (χ3n) is 3.03. The molecule has 3 heterocycles. The van der Waals surface area contributed by atoms with Crippen LogP contribution in [0.4, 0.5) is 0 Å². The van der Waals surface area contributed by atoms with Crippen molar-refractivity contribution in [3.05, 3.63) is 28.6 Å². The summed E-state index contributed by atoms with van der Waals surface area (Å²) in [5, 5.41) is 11.9. The molecule has 0 aliphatic carbocycles. The highest BCUT2D eigenvalue weighted by molar-refractivity contribution is 9.10. The van der Waals surface area contributed by atoms with E-state index >= 15 is 0 Å². The fourth-order valence-electron chi connectivity index (χ4n) is 2.20. The molecule has 16 heavy (non-hydrogen) atoms. The number of pyridine rings is 1. The van der Waals surface area contributed by atoms with E-state index in [1.807, 2.05) is 18.3 Å². The number of hydrogen-bond acceptors (Lipinski definition) is 3. The van der Waals surface area contributed by atoms with E-state index in [-0.39, 0.29) is 0 Å². The fourth-order valence-corrected chi connectivity index (χ4v) is 2.54. The standard InChI is InChI=1S/C11H13BrN4/c12-8-3-4-10-14-15-11(16(10)7-8)6-9-2-1-5-13-9/h3-4,7,9,13H,1-2,5-6H2. The molecule has 4 nitrogen and oxygen atoms in total. The van der Waals surface area contributed by atoms with Crippen LogP contribution >= 0.6 is 15.9 Å². The molecule has 1 atom stereocenters. The highest BCUT2D eigenvalue weighted by atomic mass is 79.9. The molecule has 2 aromatic heterocycles. The van der Waals surface area contributed by atoms with Crippen molar-refractivity contribution in [2.45, 2.75) is 25.3 Å². The molecule has 1 aliphatic rings. The average molecular weight is 281 g/mol. The first-order valence-corrected chi connectivity index (χ1v) is 6.35. The Hall–Kier alpha value is -0.940. The smallest absolute Gasteiger partial charge is 0.160 e. The highest BCUT2D eigenvalue weighted by Crippen LogP contribution is 2.15. The molecule has 1 saturated heterocycles. The van der Waals surface area contributed by atoms with Crippen molar-refractivity contribution in [3.8, 4) is 0 Å². The number of halogens is 1. The minimum atomic E-state index is 0.561. The molecule has 0 radical (unpaired) electrons. The van der Waals surface area contributed by atoms with Gasteiger partial charge in [0.25, 0.3) is 0 Å². The van der Waals surface area contributed by atoms with Crippen molar-refractivity contribution in [3.63, 3.8) is 0 Å². The van der Waals surface area contributed by atoms with Crippen molar-refractivity contribution in [1.29, 1.82) is 0 Å². The van der Waals surface area contributed by atoms with Crippen LogP contribution in [0.3, 0.4) is 0 Å². The SMILES string of the molecule is Brc1ccc2nnc(CC3CCCN3)n2c1. The van der Waals surface area contributed by atoms with E-state index < -0.39 is 0 Å². The molecule has 0 saturated carbocycles. The van der Waals surface area contributed by atoms with Crippen molar-refractivity contribution in [1.82, 2.24) is 19.9 Å². The van der Waals surface area contributed by atoms with Gasteiger partial charge in [-0.15, -0.1) is 10.2 Å². The van der Waals surface area contributed by atoms with Gasteiger partial charge in [-0.05, 0) is 47.4 Å². The first kappa shape index (κ1) is 10.2. The molecule has 1 aliphatic heterocycles. The zero-order chi connectivity index (χ0) is 11.0. The summed E-state index contributed by atoms with van der Waals surface area (Å²) in [4.78, 5) is 0. The Bertz CT molecular complexity index is 502. The Kier molecular flexibility index (Phi) is 2.65. The maximum absolute atomic E-state index is 4.25. The van der Waals surface area contributed by atoms with E-state index in [1.54, 1.807) is 0 Å². The van der Waals surface area contributed by atoms with E-state index in [0.29, 0.717) is 6.04 Å². The van der Waals surface area contributed by atoms with E-state index in [1.165, 1.54) is 12.8 Å². The second-order valence-electron chi connectivity index (χ2n) is 4.19. The third-order valence-corrected chi connectivity index (χ3v) is 3.50. The van der Waals surface area contributed by atoms with Crippen molar-refractivity contribution < 1.29 is 0 Å². The summed E-state index contributed by atoms with van der Waals surface area (Å²) in [5.74, 6) is 1.04. The Balaban J connectivity index is 1.93. The van der Waals surface area contributed by atoms with Gasteiger partial charge in [0.05, 0.1) is 0 Å². The summed E-state index contributed by atoms with van der Waals surface area (Å²) >= 11 is 3.47. The van der Waals surface area contributed by atoms with Gasteiger partial charge in [-0.1, -0.05) is 0 Å². The van der Waals surface area contributed by atoms with Crippen molar-refractivity contribution >= 4 is 21.6 Å². The van der Waals surface area contributed by atoms with Gasteiger partial charge in [0, 0.05) is 23.1 Å². The minimum absolute atomic E-state index is 0.561. The lowest BCUT2D eigenvalue weighted by Crippen LogP contribution is -2.24. The summed E-state index contributed by atoms with van der Waals surface area (Å²) in [5.41, 5.74) is 0.913. The van der Waals surface area contributed by atoms with Crippen LogP contribution in [0.2, 0.25) is 0 Å². The van der Waals surface area contributed by atoms with Crippen LogP contribution in [-0.4, -0.2) is 27.2 Å². The van der Waals surface area contributed by atoms with Gasteiger partial charge in [-0.2, -0.15) is 0 Å². The maximum Gasteiger partial charge on any atom is 0.160 e. The van der Waals surface area contributed by atoms with Crippen molar-refractivity contribution in [2.75, 3.05) is 6.54 Å². The maximum atomic E-state index is 4.25. The molecule has 3 rings (SSSR count). The molecule has 84 valence electrons. The van der Waals surface area contributed by atoms with Crippen LogP contribution in [0, 0.1) is 0 Å². The second-order valence-corrected chi connectivity index (χ2v) is 5.10. The van der Waals surface area contributed by atoms with Gasteiger partial charge < -0.3 is 5.32 Å². The normalized spacial score (nSPS) is 20.7. The first-order chi connectivity index (χ1) is 7.83. The van der Waals surface area contributed by atoms with Gasteiger partial charge in [0.15, 0.2) is 5.65 Å². The molecule has 0 bridgehead atoms. The Morgan fingerprint density at radius 2 is 2.38 bits per heavy atom. The van der Waals surface area contributed by atoms with Crippen LogP contribution in [0.25, 0.3) is 5.65 Å². The van der Waals surface area contributed by atoms with E-state index in [4.69, 9.17) is 0 Å². The molecule has 1 N–H and O–H groups in total. The lowest BCUT2D eigenvalue weighted by molar-refractivity contribution is 0.582. The molecule has 1 fully saturated rings. The second kappa shape index (κ2) is 4.14. The summed E-state index contributed by atoms with van der Waals surface area (Å²) in [7, 11) is 0. The molecule has 0 amide bonds. The van der Waals surface area contributed by atoms with Gasteiger partial charge in [-0.3, -0.25) is 4.40 Å². The first-order valence-electron chi connectivity index (χ1n) is 5.55. The molecular formula is C11H13BrN4. The topological polar surface area (TPSA) is 42.2 Å². The highest BCUT2D eigenvalue weighted by Gasteiger charge is 2.17. The monoisotopic (exact) mass is 280 g/mol. The fraction of sp³-hybridized carbons (Fsp3) is 0.455. The quantitative estimate of drug-likeness (QED) is 0.912. The number of fused-ring (bicyclic) bond motifs is 1. The lowest BCUT2D eigenvalue weighted by Gasteiger charge is -2.07. The van der Waals surface area contributed by atoms with E-state index in [2.05, 4.69) is 35.8 Å². The predicted molar refractivity (Wildman–Crippen MR) is 65.4 cm³/mol. The lowest BCUT2D eigenvalue weighted by atomic mass is 10.1. The molecule has 1 unspecified atom stereocenters. The summed E-state index contributed by atoms with van der Waals surface area (Å²) < 4.78 is 3.12. The number of nitrogens with zero attached hydrogens (tertiary/aromatic N) is 3. The van der Waals surface area contributed by atoms with Gasteiger partial charge in [0.1, 0.15) is 5.82 Å². The average Bonchev–Trinajstić information content (AvgIpc) is 2.90. The van der Waals surface area contributed by atoms with E-state index in [0.717, 1.165) is 28.9 Å². The molecule has 5 heteroatoms. The Morgan fingerprint density at radius 1 is 1.44 bits per heavy atom. The largest absolute Gasteiger partial charge is 0.314 e. The van der Waals surface area contributed by atoms with Crippen LogP contribution < -0.4 is 5.32 Å². The van der Waals surface area contributed by atoms with Crippen molar-refractivity contribution in [2.24, 2.45) is 0 Å². The molecule has 0 aromatic carbocycles. The van der Waals surface area contributed by atoms with Crippen LogP contribution in [0.15, 0.2) is 22.8 Å². The van der Waals surface area contributed by atoms with E-state index in [9.17, 15) is 0 Å². The van der Waals surface area contributed by atoms with Gasteiger partial charge in [-0.25, -0.2) is 0 Å². The zero-order valence-electron chi connectivity index (χ0n) is 8.86. The van der Waals surface area contributed by atoms with Crippen LogP contribution in [0.5, 0.6) is 0 Å². The summed E-state index contributed by atoms with van der Waals surface area (Å²) in [6, 6.07) is 4.52. The van der Waals surface area contributed by atoms with Gasteiger partial charge >= 0.3 is 0 Å². The minimum Gasteiger partial charge on any atom is -0.314 e. The van der Waals surface area contributed by atoms with Crippen LogP contribution in [-0.2, 0) is 6.42 Å². The number of rotatable bonds is 2. The third kappa shape index (κ3) is 1.85. The van der Waals surface area contributed by atoms with Gasteiger partial charge in [0.2, 0.25) is 0 Å². The zero-order valence-corrected chi connectivity index (χ0v) is 10.4. The molecular weight excluding hydrogens is 268 g/mol. The van der Waals surface area contributed by atoms with Crippen LogP contribution in [0.1, 0.15) is 18.7 Å². The molecule has 0 spiro atoms. The Morgan fingerprint density at radius 3 is 3.19 bits per heavy atom. The Labute approximate surface area is 102 Å².